The Bertz CT molecular complexity index is 390. The summed E-state index contributed by atoms with van der Waals surface area (Å²) in [5.74, 6) is 0.375. The first-order chi connectivity index (χ1) is 9.58. The Morgan fingerprint density at radius 2 is 2.05 bits per heavy atom. The van der Waals surface area contributed by atoms with E-state index in [0.29, 0.717) is 24.7 Å². The van der Waals surface area contributed by atoms with Crippen LogP contribution in [0.3, 0.4) is 0 Å². The van der Waals surface area contributed by atoms with Crippen molar-refractivity contribution in [2.45, 2.75) is 33.7 Å². The molecule has 0 aliphatic heterocycles. The van der Waals surface area contributed by atoms with Crippen LogP contribution in [0.15, 0.2) is 18.2 Å². The number of nitrogens with one attached hydrogen (secondary N) is 1. The molecule has 20 heavy (non-hydrogen) atoms. The zero-order valence-electron chi connectivity index (χ0n) is 12.8. The highest BCUT2D eigenvalue weighted by molar-refractivity contribution is 5.49. The lowest BCUT2D eigenvalue weighted by atomic mass is 10.1. The molecule has 4 heteroatoms. The summed E-state index contributed by atoms with van der Waals surface area (Å²) in [5.41, 5.74) is 1.53. The molecule has 0 unspecified atom stereocenters. The van der Waals surface area contributed by atoms with E-state index in [1.54, 1.807) is 6.07 Å². The predicted molar refractivity (Wildman–Crippen MR) is 82.5 cm³/mol. The average molecular weight is 282 g/mol. The fraction of sp³-hybridized carbons (Fsp3) is 0.625. The summed E-state index contributed by atoms with van der Waals surface area (Å²) in [7, 11) is 0. The number of aliphatic hydroxyl groups is 1. The van der Waals surface area contributed by atoms with E-state index >= 15 is 0 Å². The Kier molecular flexibility index (Phi) is 7.55. The number of hydrogen-bond acceptors (Lipinski definition) is 3. The SMILES string of the molecule is CCCN(CCO)c1ccc(CNCC(C)C)cc1F. The first kappa shape index (κ1) is 16.9. The van der Waals surface area contributed by atoms with Gasteiger partial charge in [-0.05, 0) is 36.6 Å². The van der Waals surface area contributed by atoms with Crippen LogP contribution < -0.4 is 10.2 Å². The van der Waals surface area contributed by atoms with Gasteiger partial charge in [0, 0.05) is 19.6 Å². The van der Waals surface area contributed by atoms with Gasteiger partial charge >= 0.3 is 0 Å². The molecule has 0 heterocycles. The van der Waals surface area contributed by atoms with Crippen LogP contribution in [0, 0.1) is 11.7 Å². The van der Waals surface area contributed by atoms with Crippen molar-refractivity contribution in [2.75, 3.05) is 31.1 Å². The number of rotatable bonds is 9. The van der Waals surface area contributed by atoms with Crippen LogP contribution in [-0.4, -0.2) is 31.3 Å². The molecule has 1 rings (SSSR count). The Morgan fingerprint density at radius 3 is 2.60 bits per heavy atom. The molecule has 0 aliphatic rings. The molecule has 1 aromatic carbocycles. The number of aliphatic hydroxyl groups excluding tert-OH is 1. The molecule has 3 nitrogen and oxygen atoms in total. The number of nitrogens with zero attached hydrogens (tertiary/aromatic N) is 1. The highest BCUT2D eigenvalue weighted by atomic mass is 19.1. The third-order valence-electron chi connectivity index (χ3n) is 3.10. The Labute approximate surface area is 121 Å². The first-order valence-electron chi connectivity index (χ1n) is 7.43. The zero-order chi connectivity index (χ0) is 15.0. The Hall–Kier alpha value is -1.13. The largest absolute Gasteiger partial charge is 0.395 e. The molecule has 0 spiro atoms. The molecule has 2 N–H and O–H groups in total. The predicted octanol–water partition coefficient (Wildman–Crippen LogP) is 2.78. The van der Waals surface area contributed by atoms with Crippen molar-refractivity contribution in [3.63, 3.8) is 0 Å². The first-order valence-corrected chi connectivity index (χ1v) is 7.43. The molecule has 0 atom stereocenters. The van der Waals surface area contributed by atoms with E-state index in [-0.39, 0.29) is 12.4 Å². The Morgan fingerprint density at radius 1 is 1.30 bits per heavy atom. The van der Waals surface area contributed by atoms with E-state index in [1.807, 2.05) is 24.0 Å². The van der Waals surface area contributed by atoms with Gasteiger partial charge in [0.1, 0.15) is 5.82 Å². The van der Waals surface area contributed by atoms with E-state index in [4.69, 9.17) is 5.11 Å². The van der Waals surface area contributed by atoms with Gasteiger partial charge in [-0.3, -0.25) is 0 Å². The van der Waals surface area contributed by atoms with E-state index < -0.39 is 0 Å². The van der Waals surface area contributed by atoms with Gasteiger partial charge in [-0.2, -0.15) is 0 Å². The molecule has 0 radical (unpaired) electrons. The molecular weight excluding hydrogens is 255 g/mol. The monoisotopic (exact) mass is 282 g/mol. The summed E-state index contributed by atoms with van der Waals surface area (Å²) in [6.07, 6.45) is 0.928. The third kappa shape index (κ3) is 5.47. The minimum atomic E-state index is -0.212. The minimum absolute atomic E-state index is 0.0388. The smallest absolute Gasteiger partial charge is 0.146 e. The fourth-order valence-corrected chi connectivity index (χ4v) is 2.17. The van der Waals surface area contributed by atoms with Crippen molar-refractivity contribution < 1.29 is 9.50 Å². The van der Waals surface area contributed by atoms with E-state index in [2.05, 4.69) is 19.2 Å². The van der Waals surface area contributed by atoms with Crippen molar-refractivity contribution in [1.82, 2.24) is 5.32 Å². The molecule has 0 saturated heterocycles. The maximum atomic E-state index is 14.2. The van der Waals surface area contributed by atoms with Gasteiger partial charge in [-0.15, -0.1) is 0 Å². The summed E-state index contributed by atoms with van der Waals surface area (Å²) in [5, 5.41) is 12.4. The highest BCUT2D eigenvalue weighted by Gasteiger charge is 2.11. The molecule has 0 aliphatic carbocycles. The second-order valence-corrected chi connectivity index (χ2v) is 5.52. The minimum Gasteiger partial charge on any atom is -0.395 e. The van der Waals surface area contributed by atoms with Crippen molar-refractivity contribution in [2.24, 2.45) is 5.92 Å². The number of halogens is 1. The molecule has 0 amide bonds. The van der Waals surface area contributed by atoms with Crippen LogP contribution in [0.25, 0.3) is 0 Å². The van der Waals surface area contributed by atoms with Crippen LogP contribution in [-0.2, 0) is 6.54 Å². The molecule has 0 bridgehead atoms. The lowest BCUT2D eigenvalue weighted by molar-refractivity contribution is 0.301. The third-order valence-corrected chi connectivity index (χ3v) is 3.10. The van der Waals surface area contributed by atoms with E-state index in [0.717, 1.165) is 25.1 Å². The fourth-order valence-electron chi connectivity index (χ4n) is 2.17. The summed E-state index contributed by atoms with van der Waals surface area (Å²) >= 11 is 0. The standard InChI is InChI=1S/C16H27FN2O/c1-4-7-19(8-9-20)16-6-5-14(10-15(16)17)12-18-11-13(2)3/h5-6,10,13,18,20H,4,7-9,11-12H2,1-3H3. The number of anilines is 1. The summed E-state index contributed by atoms with van der Waals surface area (Å²) in [6.45, 7) is 9.21. The Balaban J connectivity index is 2.70. The quantitative estimate of drug-likeness (QED) is 0.731. The number of hydrogen-bond donors (Lipinski definition) is 2. The maximum absolute atomic E-state index is 14.2. The van der Waals surface area contributed by atoms with Crippen LogP contribution in [0.5, 0.6) is 0 Å². The summed E-state index contributed by atoms with van der Waals surface area (Å²) in [4.78, 5) is 1.89. The van der Waals surface area contributed by atoms with Gasteiger partial charge in [-0.25, -0.2) is 4.39 Å². The topological polar surface area (TPSA) is 35.5 Å². The van der Waals surface area contributed by atoms with Crippen LogP contribution in [0.4, 0.5) is 10.1 Å². The van der Waals surface area contributed by atoms with E-state index in [1.165, 1.54) is 0 Å². The lowest BCUT2D eigenvalue weighted by Gasteiger charge is -2.24. The zero-order valence-corrected chi connectivity index (χ0v) is 12.8. The van der Waals surface area contributed by atoms with Crippen LogP contribution in [0.2, 0.25) is 0 Å². The van der Waals surface area contributed by atoms with Gasteiger partial charge in [0.15, 0.2) is 0 Å². The summed E-state index contributed by atoms with van der Waals surface area (Å²) in [6, 6.07) is 5.35. The second-order valence-electron chi connectivity index (χ2n) is 5.52. The van der Waals surface area contributed by atoms with Gasteiger partial charge in [0.25, 0.3) is 0 Å². The van der Waals surface area contributed by atoms with Crippen molar-refractivity contribution in [3.8, 4) is 0 Å². The molecule has 0 aromatic heterocycles. The van der Waals surface area contributed by atoms with Gasteiger partial charge in [0.05, 0.1) is 12.3 Å². The lowest BCUT2D eigenvalue weighted by Crippen LogP contribution is -2.28. The maximum Gasteiger partial charge on any atom is 0.146 e. The van der Waals surface area contributed by atoms with Crippen LogP contribution in [0.1, 0.15) is 32.8 Å². The molecule has 0 fully saturated rings. The van der Waals surface area contributed by atoms with Crippen molar-refractivity contribution >= 4 is 5.69 Å². The van der Waals surface area contributed by atoms with E-state index in [9.17, 15) is 4.39 Å². The van der Waals surface area contributed by atoms with Gasteiger partial charge in [0.2, 0.25) is 0 Å². The highest BCUT2D eigenvalue weighted by Crippen LogP contribution is 2.20. The second kappa shape index (κ2) is 8.93. The van der Waals surface area contributed by atoms with Crippen LogP contribution >= 0.6 is 0 Å². The average Bonchev–Trinajstić information content (AvgIpc) is 2.38. The molecular formula is C16H27FN2O. The van der Waals surface area contributed by atoms with Gasteiger partial charge in [-0.1, -0.05) is 26.8 Å². The number of benzene rings is 1. The van der Waals surface area contributed by atoms with Crippen molar-refractivity contribution in [3.05, 3.63) is 29.6 Å². The summed E-state index contributed by atoms with van der Waals surface area (Å²) < 4.78 is 14.2. The molecule has 0 saturated carbocycles. The normalized spacial score (nSPS) is 11.1. The molecule has 1 aromatic rings. The molecule has 114 valence electrons. The van der Waals surface area contributed by atoms with Crippen molar-refractivity contribution in [1.29, 1.82) is 0 Å². The van der Waals surface area contributed by atoms with Gasteiger partial charge < -0.3 is 15.3 Å².